The molecule has 0 aliphatic heterocycles. The lowest BCUT2D eigenvalue weighted by molar-refractivity contribution is 0.551. The van der Waals surface area contributed by atoms with Gasteiger partial charge in [-0.05, 0) is 37.2 Å². The van der Waals surface area contributed by atoms with Crippen LogP contribution in [0.5, 0.6) is 0 Å². The third-order valence-electron chi connectivity index (χ3n) is 2.46. The average Bonchev–Trinajstić information content (AvgIpc) is 2.22. The maximum atomic E-state index is 13.2. The standard InChI is InChI=1S/C11H15BrFNO2S/c1-14-11(5-6-17(2,15)16)9-7-8(13)3-4-10(9)12/h3-4,7,11,14H,5-6H2,1-2H3. The number of benzene rings is 1. The van der Waals surface area contributed by atoms with E-state index in [0.717, 1.165) is 10.0 Å². The quantitative estimate of drug-likeness (QED) is 0.904. The van der Waals surface area contributed by atoms with Gasteiger partial charge >= 0.3 is 0 Å². The van der Waals surface area contributed by atoms with Gasteiger partial charge in [-0.1, -0.05) is 15.9 Å². The van der Waals surface area contributed by atoms with Crippen LogP contribution in [0.1, 0.15) is 18.0 Å². The Morgan fingerprint density at radius 1 is 1.47 bits per heavy atom. The highest BCUT2D eigenvalue weighted by Gasteiger charge is 2.15. The molecule has 0 bridgehead atoms. The maximum Gasteiger partial charge on any atom is 0.147 e. The van der Waals surface area contributed by atoms with E-state index in [1.54, 1.807) is 13.1 Å². The first-order valence-corrected chi connectivity index (χ1v) is 7.99. The molecule has 1 N–H and O–H groups in total. The van der Waals surface area contributed by atoms with Crippen molar-refractivity contribution in [3.63, 3.8) is 0 Å². The highest BCUT2D eigenvalue weighted by atomic mass is 79.9. The Labute approximate surface area is 109 Å². The Bertz CT molecular complexity index is 490. The predicted octanol–water partition coefficient (Wildman–Crippen LogP) is 2.28. The zero-order valence-corrected chi connectivity index (χ0v) is 12.1. The van der Waals surface area contributed by atoms with Gasteiger partial charge in [-0.3, -0.25) is 0 Å². The summed E-state index contributed by atoms with van der Waals surface area (Å²) in [4.78, 5) is 0. The molecule has 1 rings (SSSR count). The minimum Gasteiger partial charge on any atom is -0.313 e. The van der Waals surface area contributed by atoms with Crippen LogP contribution in [0, 0.1) is 5.82 Å². The summed E-state index contributed by atoms with van der Waals surface area (Å²) in [5.74, 6) is -0.260. The van der Waals surface area contributed by atoms with Gasteiger partial charge in [0.1, 0.15) is 15.7 Å². The molecule has 0 fully saturated rings. The normalized spacial score (nSPS) is 13.6. The van der Waals surface area contributed by atoms with Gasteiger partial charge in [0, 0.05) is 16.8 Å². The van der Waals surface area contributed by atoms with Gasteiger partial charge < -0.3 is 5.32 Å². The summed E-state index contributed by atoms with van der Waals surface area (Å²) >= 11 is 3.34. The van der Waals surface area contributed by atoms with Crippen LogP contribution in [0.2, 0.25) is 0 Å². The van der Waals surface area contributed by atoms with Gasteiger partial charge in [-0.25, -0.2) is 12.8 Å². The minimum absolute atomic E-state index is 0.0709. The molecule has 0 saturated carbocycles. The molecular formula is C11H15BrFNO2S. The van der Waals surface area contributed by atoms with Crippen LogP contribution in [0.3, 0.4) is 0 Å². The monoisotopic (exact) mass is 323 g/mol. The molecule has 1 atom stereocenters. The second-order valence-corrected chi connectivity index (χ2v) is 7.04. The van der Waals surface area contributed by atoms with Crippen molar-refractivity contribution >= 4 is 25.8 Å². The molecule has 0 saturated heterocycles. The minimum atomic E-state index is -3.01. The lowest BCUT2D eigenvalue weighted by Crippen LogP contribution is -2.20. The van der Waals surface area contributed by atoms with Gasteiger partial charge in [0.15, 0.2) is 0 Å². The number of sulfone groups is 1. The van der Waals surface area contributed by atoms with Crippen molar-refractivity contribution in [2.45, 2.75) is 12.5 Å². The SMILES string of the molecule is CNC(CCS(C)(=O)=O)c1cc(F)ccc1Br. The Morgan fingerprint density at radius 3 is 2.65 bits per heavy atom. The second kappa shape index (κ2) is 5.93. The molecule has 17 heavy (non-hydrogen) atoms. The van der Waals surface area contributed by atoms with E-state index in [-0.39, 0.29) is 17.6 Å². The van der Waals surface area contributed by atoms with Crippen molar-refractivity contribution in [2.75, 3.05) is 19.1 Å². The molecule has 0 amide bonds. The molecule has 1 aromatic rings. The van der Waals surface area contributed by atoms with Crippen LogP contribution < -0.4 is 5.32 Å². The largest absolute Gasteiger partial charge is 0.313 e. The summed E-state index contributed by atoms with van der Waals surface area (Å²) in [5.41, 5.74) is 0.733. The molecular weight excluding hydrogens is 309 g/mol. The second-order valence-electron chi connectivity index (χ2n) is 3.93. The lowest BCUT2D eigenvalue weighted by Gasteiger charge is -2.17. The summed E-state index contributed by atoms with van der Waals surface area (Å²) in [6.45, 7) is 0. The number of hydrogen-bond donors (Lipinski definition) is 1. The van der Waals surface area contributed by atoms with E-state index < -0.39 is 9.84 Å². The molecule has 0 spiro atoms. The van der Waals surface area contributed by atoms with Crippen molar-refractivity contribution < 1.29 is 12.8 Å². The number of nitrogens with one attached hydrogen (secondary N) is 1. The van der Waals surface area contributed by atoms with E-state index in [0.29, 0.717) is 6.42 Å². The highest BCUT2D eigenvalue weighted by Crippen LogP contribution is 2.26. The van der Waals surface area contributed by atoms with Crippen molar-refractivity contribution in [1.82, 2.24) is 5.32 Å². The summed E-state index contributed by atoms with van der Waals surface area (Å²) in [6.07, 6.45) is 1.61. The number of halogens is 2. The fraction of sp³-hybridized carbons (Fsp3) is 0.455. The Kier molecular flexibility index (Phi) is 5.09. The summed E-state index contributed by atoms with van der Waals surface area (Å²) in [7, 11) is -1.28. The van der Waals surface area contributed by atoms with E-state index in [4.69, 9.17) is 0 Å². The third-order valence-corrected chi connectivity index (χ3v) is 4.16. The number of hydrogen-bond acceptors (Lipinski definition) is 3. The molecule has 6 heteroatoms. The van der Waals surface area contributed by atoms with Crippen LogP contribution in [-0.2, 0) is 9.84 Å². The molecule has 0 heterocycles. The topological polar surface area (TPSA) is 46.2 Å². The first-order valence-electron chi connectivity index (χ1n) is 5.13. The van der Waals surface area contributed by atoms with Crippen LogP contribution in [0.25, 0.3) is 0 Å². The Balaban J connectivity index is 2.90. The van der Waals surface area contributed by atoms with Gasteiger partial charge in [-0.15, -0.1) is 0 Å². The van der Waals surface area contributed by atoms with E-state index >= 15 is 0 Å². The van der Waals surface area contributed by atoms with Gasteiger partial charge in [0.2, 0.25) is 0 Å². The highest BCUT2D eigenvalue weighted by molar-refractivity contribution is 9.10. The van der Waals surface area contributed by atoms with E-state index in [1.807, 2.05) is 0 Å². The maximum absolute atomic E-state index is 13.2. The summed E-state index contributed by atoms with van der Waals surface area (Å²) in [6, 6.07) is 4.20. The van der Waals surface area contributed by atoms with Crippen molar-refractivity contribution in [1.29, 1.82) is 0 Å². The molecule has 1 unspecified atom stereocenters. The van der Waals surface area contributed by atoms with E-state index in [9.17, 15) is 12.8 Å². The first kappa shape index (κ1) is 14.6. The van der Waals surface area contributed by atoms with Crippen LogP contribution in [-0.4, -0.2) is 27.5 Å². The van der Waals surface area contributed by atoms with Crippen molar-refractivity contribution in [3.05, 3.63) is 34.1 Å². The van der Waals surface area contributed by atoms with Gasteiger partial charge in [-0.2, -0.15) is 0 Å². The van der Waals surface area contributed by atoms with Gasteiger partial charge in [0.25, 0.3) is 0 Å². The fourth-order valence-electron chi connectivity index (χ4n) is 1.57. The fourth-order valence-corrected chi connectivity index (χ4v) is 2.76. The molecule has 3 nitrogen and oxygen atoms in total. The summed E-state index contributed by atoms with van der Waals surface area (Å²) < 4.78 is 36.2. The molecule has 0 aromatic heterocycles. The molecule has 1 aromatic carbocycles. The van der Waals surface area contributed by atoms with Crippen LogP contribution in [0.15, 0.2) is 22.7 Å². The Hall–Kier alpha value is -0.460. The molecule has 0 radical (unpaired) electrons. The van der Waals surface area contributed by atoms with Crippen molar-refractivity contribution in [3.8, 4) is 0 Å². The van der Waals surface area contributed by atoms with Crippen molar-refractivity contribution in [2.24, 2.45) is 0 Å². The Morgan fingerprint density at radius 2 is 2.12 bits per heavy atom. The lowest BCUT2D eigenvalue weighted by atomic mass is 10.0. The zero-order chi connectivity index (χ0) is 13.1. The van der Waals surface area contributed by atoms with E-state index in [2.05, 4.69) is 21.2 Å². The van der Waals surface area contributed by atoms with E-state index in [1.165, 1.54) is 18.4 Å². The molecule has 0 aliphatic rings. The molecule has 96 valence electrons. The average molecular weight is 324 g/mol. The number of rotatable bonds is 5. The molecule has 0 aliphatic carbocycles. The smallest absolute Gasteiger partial charge is 0.147 e. The first-order chi connectivity index (χ1) is 7.83. The third kappa shape index (κ3) is 4.73. The van der Waals surface area contributed by atoms with Gasteiger partial charge in [0.05, 0.1) is 5.75 Å². The summed E-state index contributed by atoms with van der Waals surface area (Å²) in [5, 5.41) is 3.00. The van der Waals surface area contributed by atoms with Crippen LogP contribution >= 0.6 is 15.9 Å². The zero-order valence-electron chi connectivity index (χ0n) is 9.70. The van der Waals surface area contributed by atoms with Crippen LogP contribution in [0.4, 0.5) is 4.39 Å². The predicted molar refractivity (Wildman–Crippen MR) is 70.2 cm³/mol.